The Kier molecular flexibility index (Phi) is 4.01. The number of anilines is 1. The largest absolute Gasteiger partial charge is 0.351 e. The first-order valence-electron chi connectivity index (χ1n) is 6.92. The van der Waals surface area contributed by atoms with Gasteiger partial charge in [0.25, 0.3) is 5.91 Å². The smallest absolute Gasteiger partial charge is 0.264 e. The number of rotatable bonds is 3. The van der Waals surface area contributed by atoms with E-state index in [1.807, 2.05) is 40.6 Å². The monoisotopic (exact) mass is 299 g/mol. The molecule has 1 amide bonds. The summed E-state index contributed by atoms with van der Waals surface area (Å²) in [6, 6.07) is 7.75. The van der Waals surface area contributed by atoms with E-state index in [0.29, 0.717) is 13.1 Å². The third-order valence-electron chi connectivity index (χ3n) is 3.54. The van der Waals surface area contributed by atoms with E-state index in [1.165, 1.54) is 11.3 Å². The van der Waals surface area contributed by atoms with Gasteiger partial charge in [-0.3, -0.25) is 4.79 Å². The number of aromatic nitrogens is 1. The molecule has 0 fully saturated rings. The van der Waals surface area contributed by atoms with Crippen LogP contribution in [0.1, 0.15) is 15.2 Å². The molecule has 5 heteroatoms. The number of carbonyl (C=O) groups excluding carboxylic acids is 1. The number of hydrogen-bond acceptors (Lipinski definition) is 4. The van der Waals surface area contributed by atoms with Gasteiger partial charge in [-0.1, -0.05) is 18.2 Å². The van der Waals surface area contributed by atoms with Crippen molar-refractivity contribution in [3.8, 4) is 0 Å². The molecule has 0 aliphatic carbocycles. The van der Waals surface area contributed by atoms with Gasteiger partial charge in [-0.25, -0.2) is 4.98 Å². The first-order chi connectivity index (χ1) is 10.3. The highest BCUT2D eigenvalue weighted by atomic mass is 32.1. The zero-order valence-electron chi connectivity index (χ0n) is 11.7. The van der Waals surface area contributed by atoms with Crippen LogP contribution < -0.4 is 4.90 Å². The Bertz CT molecular complexity index is 639. The molecule has 0 aromatic carbocycles. The van der Waals surface area contributed by atoms with Gasteiger partial charge >= 0.3 is 0 Å². The van der Waals surface area contributed by atoms with E-state index >= 15 is 0 Å². The lowest BCUT2D eigenvalue weighted by Crippen LogP contribution is -2.35. The van der Waals surface area contributed by atoms with Crippen LogP contribution in [0.2, 0.25) is 0 Å². The lowest BCUT2D eigenvalue weighted by Gasteiger charge is -2.22. The highest BCUT2D eigenvalue weighted by molar-refractivity contribution is 7.12. The number of hydrogen-bond donors (Lipinski definition) is 0. The maximum Gasteiger partial charge on any atom is 0.264 e. The molecule has 0 unspecified atom stereocenters. The van der Waals surface area contributed by atoms with Crippen molar-refractivity contribution in [1.29, 1.82) is 0 Å². The van der Waals surface area contributed by atoms with Crippen molar-refractivity contribution < 1.29 is 4.79 Å². The van der Waals surface area contributed by atoms with E-state index in [0.717, 1.165) is 29.3 Å². The van der Waals surface area contributed by atoms with Crippen LogP contribution in [0.3, 0.4) is 0 Å². The van der Waals surface area contributed by atoms with Crippen molar-refractivity contribution in [2.24, 2.45) is 0 Å². The van der Waals surface area contributed by atoms with Crippen LogP contribution in [-0.2, 0) is 6.54 Å². The van der Waals surface area contributed by atoms with E-state index < -0.39 is 0 Å². The molecule has 1 aliphatic heterocycles. The van der Waals surface area contributed by atoms with Gasteiger partial charge in [-0.15, -0.1) is 17.9 Å². The number of pyridine rings is 1. The lowest BCUT2D eigenvalue weighted by molar-refractivity contribution is 0.0756. The van der Waals surface area contributed by atoms with Gasteiger partial charge < -0.3 is 9.80 Å². The van der Waals surface area contributed by atoms with Gasteiger partial charge in [0.15, 0.2) is 0 Å². The molecule has 0 N–H and O–H groups in total. The summed E-state index contributed by atoms with van der Waals surface area (Å²) in [5.41, 5.74) is 1.08. The fraction of sp³-hybridized carbons (Fsp3) is 0.250. The van der Waals surface area contributed by atoms with Crippen molar-refractivity contribution in [3.05, 3.63) is 58.9 Å². The lowest BCUT2D eigenvalue weighted by atomic mass is 10.2. The molecule has 0 saturated carbocycles. The molecule has 2 aromatic rings. The molecule has 0 saturated heterocycles. The minimum atomic E-state index is 0.0975. The summed E-state index contributed by atoms with van der Waals surface area (Å²) < 4.78 is 0. The molecule has 4 nitrogen and oxygen atoms in total. The van der Waals surface area contributed by atoms with Crippen LogP contribution in [-0.4, -0.2) is 35.4 Å². The summed E-state index contributed by atoms with van der Waals surface area (Å²) in [5, 5.41) is 1.94. The van der Waals surface area contributed by atoms with Gasteiger partial charge in [-0.05, 0) is 17.5 Å². The van der Waals surface area contributed by atoms with E-state index in [1.54, 1.807) is 6.20 Å². The fourth-order valence-electron chi connectivity index (χ4n) is 2.53. The topological polar surface area (TPSA) is 36.4 Å². The Morgan fingerprint density at radius 1 is 1.38 bits per heavy atom. The number of nitrogens with zero attached hydrogens (tertiary/aromatic N) is 3. The van der Waals surface area contributed by atoms with Crippen molar-refractivity contribution in [3.63, 3.8) is 0 Å². The second kappa shape index (κ2) is 6.10. The predicted molar refractivity (Wildman–Crippen MR) is 85.7 cm³/mol. The van der Waals surface area contributed by atoms with Gasteiger partial charge in [0.1, 0.15) is 5.82 Å². The molecule has 108 valence electrons. The van der Waals surface area contributed by atoms with Gasteiger partial charge in [0.05, 0.1) is 4.88 Å². The van der Waals surface area contributed by atoms with Crippen LogP contribution in [0.4, 0.5) is 5.82 Å². The molecule has 3 rings (SSSR count). The molecule has 2 aromatic heterocycles. The van der Waals surface area contributed by atoms with Crippen molar-refractivity contribution >= 4 is 23.1 Å². The number of thiophene rings is 1. The fourth-order valence-corrected chi connectivity index (χ4v) is 3.22. The average molecular weight is 299 g/mol. The molecule has 21 heavy (non-hydrogen) atoms. The van der Waals surface area contributed by atoms with Crippen LogP contribution in [0.15, 0.2) is 48.5 Å². The summed E-state index contributed by atoms with van der Waals surface area (Å²) in [6.07, 6.45) is 3.67. The van der Waals surface area contributed by atoms with Crippen LogP contribution >= 0.6 is 11.3 Å². The summed E-state index contributed by atoms with van der Waals surface area (Å²) >= 11 is 1.49. The summed E-state index contributed by atoms with van der Waals surface area (Å²) in [6.45, 7) is 6.62. The predicted octanol–water partition coefficient (Wildman–Crippen LogP) is 2.79. The first kappa shape index (κ1) is 13.8. The Labute approximate surface area is 128 Å². The molecule has 1 aliphatic rings. The zero-order chi connectivity index (χ0) is 14.7. The molecule has 0 radical (unpaired) electrons. The Morgan fingerprint density at radius 2 is 2.29 bits per heavy atom. The summed E-state index contributed by atoms with van der Waals surface area (Å²) in [4.78, 5) is 21.9. The Hall–Kier alpha value is -2.14. The summed E-state index contributed by atoms with van der Waals surface area (Å²) in [7, 11) is 0. The third kappa shape index (κ3) is 2.83. The number of fused-ring (bicyclic) bond motifs is 1. The second-order valence-electron chi connectivity index (χ2n) is 4.92. The molecular weight excluding hydrogens is 282 g/mol. The molecule has 0 spiro atoms. The van der Waals surface area contributed by atoms with E-state index in [9.17, 15) is 4.79 Å². The van der Waals surface area contributed by atoms with Gasteiger partial charge in [0, 0.05) is 37.9 Å². The van der Waals surface area contributed by atoms with Crippen molar-refractivity contribution in [2.75, 3.05) is 24.5 Å². The first-order valence-corrected chi connectivity index (χ1v) is 7.80. The van der Waals surface area contributed by atoms with E-state index in [4.69, 9.17) is 0 Å². The van der Waals surface area contributed by atoms with Crippen LogP contribution in [0.5, 0.6) is 0 Å². The minimum absolute atomic E-state index is 0.0975. The molecule has 0 atom stereocenters. The van der Waals surface area contributed by atoms with Crippen LogP contribution in [0, 0.1) is 0 Å². The second-order valence-corrected chi connectivity index (χ2v) is 5.87. The quantitative estimate of drug-likeness (QED) is 0.818. The van der Waals surface area contributed by atoms with Crippen LogP contribution in [0.25, 0.3) is 0 Å². The highest BCUT2D eigenvalue weighted by Gasteiger charge is 2.24. The maximum absolute atomic E-state index is 12.6. The third-order valence-corrected chi connectivity index (χ3v) is 4.39. The summed E-state index contributed by atoms with van der Waals surface area (Å²) in [5.74, 6) is 1.05. The average Bonchev–Trinajstić information content (AvgIpc) is 2.98. The minimum Gasteiger partial charge on any atom is -0.351 e. The van der Waals surface area contributed by atoms with Crippen molar-refractivity contribution in [2.45, 2.75) is 6.54 Å². The van der Waals surface area contributed by atoms with E-state index in [-0.39, 0.29) is 5.91 Å². The maximum atomic E-state index is 12.6. The highest BCUT2D eigenvalue weighted by Crippen LogP contribution is 2.24. The zero-order valence-corrected chi connectivity index (χ0v) is 12.6. The molecular formula is C16H17N3OS. The molecule has 3 heterocycles. The SMILES string of the molecule is C=CCN1CCN(C(=O)c2cccs2)Cc2cccnc21. The number of amides is 1. The number of carbonyl (C=O) groups is 1. The van der Waals surface area contributed by atoms with E-state index in [2.05, 4.69) is 16.5 Å². The van der Waals surface area contributed by atoms with Gasteiger partial charge in [0.2, 0.25) is 0 Å². The Balaban J connectivity index is 1.89. The van der Waals surface area contributed by atoms with Gasteiger partial charge in [-0.2, -0.15) is 0 Å². The molecule has 0 bridgehead atoms. The standard InChI is InChI=1S/C16H17N3OS/c1-2-8-18-9-10-19(16(20)14-6-4-11-21-14)12-13-5-3-7-17-15(13)18/h2-7,11H,1,8-10,12H2. The normalized spacial score (nSPS) is 14.5. The van der Waals surface area contributed by atoms with Crippen molar-refractivity contribution in [1.82, 2.24) is 9.88 Å². The Morgan fingerprint density at radius 3 is 3.05 bits per heavy atom.